The normalized spacial score (nSPS) is 16.8. The molecule has 0 spiro atoms. The summed E-state index contributed by atoms with van der Waals surface area (Å²) in [4.78, 5) is 14.7. The van der Waals surface area contributed by atoms with Gasteiger partial charge in [0.15, 0.2) is 14.6 Å². The van der Waals surface area contributed by atoms with Crippen molar-refractivity contribution in [1.82, 2.24) is 10.4 Å². The Morgan fingerprint density at radius 2 is 1.71 bits per heavy atom. The standard InChI is InChI=1S/C23H30N2O5S/c1-18(2)25-15-13-23(14-16-25,22(26)24-27)31(28,29)21-10-8-20(9-11-21)30-17-12-19-6-4-3-5-7-19/h3-11,18,27H,12-17H2,1-2H3,(H,24,26). The molecule has 3 rings (SSSR count). The van der Waals surface area contributed by atoms with Crippen molar-refractivity contribution in [2.24, 2.45) is 0 Å². The fourth-order valence-corrected chi connectivity index (χ4v) is 5.95. The van der Waals surface area contributed by atoms with Gasteiger partial charge in [0.2, 0.25) is 0 Å². The molecule has 1 fully saturated rings. The van der Waals surface area contributed by atoms with Crippen molar-refractivity contribution in [3.8, 4) is 5.75 Å². The number of carbonyl (C=O) groups is 1. The van der Waals surface area contributed by atoms with E-state index in [1.807, 2.05) is 44.2 Å². The number of nitrogens with one attached hydrogen (secondary N) is 1. The molecule has 8 heteroatoms. The lowest BCUT2D eigenvalue weighted by molar-refractivity contribution is -0.133. The summed E-state index contributed by atoms with van der Waals surface area (Å²) in [5.41, 5.74) is 2.75. The number of piperidine rings is 1. The summed E-state index contributed by atoms with van der Waals surface area (Å²) in [5, 5.41) is 9.28. The molecule has 1 aliphatic rings. The fraction of sp³-hybridized carbons (Fsp3) is 0.435. The number of amides is 1. The largest absolute Gasteiger partial charge is 0.493 e. The van der Waals surface area contributed by atoms with E-state index in [2.05, 4.69) is 4.90 Å². The van der Waals surface area contributed by atoms with Crippen LogP contribution in [-0.2, 0) is 21.1 Å². The van der Waals surface area contributed by atoms with Gasteiger partial charge in [-0.05, 0) is 56.5 Å². The summed E-state index contributed by atoms with van der Waals surface area (Å²) in [6, 6.07) is 16.3. The molecule has 0 aliphatic carbocycles. The maximum atomic E-state index is 13.5. The average molecular weight is 447 g/mol. The summed E-state index contributed by atoms with van der Waals surface area (Å²) in [7, 11) is -4.02. The molecule has 31 heavy (non-hydrogen) atoms. The highest BCUT2D eigenvalue weighted by molar-refractivity contribution is 7.93. The molecule has 168 valence electrons. The maximum Gasteiger partial charge on any atom is 0.265 e. The van der Waals surface area contributed by atoms with Gasteiger partial charge in [-0.2, -0.15) is 0 Å². The first kappa shape index (κ1) is 23.2. The second kappa shape index (κ2) is 9.80. The Bertz CT molecular complexity index is 967. The minimum atomic E-state index is -4.02. The van der Waals surface area contributed by atoms with Gasteiger partial charge in [0.05, 0.1) is 11.5 Å². The number of ether oxygens (including phenoxy) is 1. The van der Waals surface area contributed by atoms with Gasteiger partial charge in [-0.15, -0.1) is 0 Å². The topological polar surface area (TPSA) is 95.9 Å². The predicted octanol–water partition coefficient (Wildman–Crippen LogP) is 2.83. The zero-order valence-corrected chi connectivity index (χ0v) is 18.8. The van der Waals surface area contributed by atoms with E-state index in [0.29, 0.717) is 25.4 Å². The highest BCUT2D eigenvalue weighted by Crippen LogP contribution is 2.37. The van der Waals surface area contributed by atoms with Crippen molar-refractivity contribution in [3.05, 3.63) is 60.2 Å². The molecule has 0 atom stereocenters. The van der Waals surface area contributed by atoms with E-state index in [4.69, 9.17) is 4.74 Å². The molecular weight excluding hydrogens is 416 g/mol. The number of likely N-dealkylation sites (tertiary alicyclic amines) is 1. The number of nitrogens with zero attached hydrogens (tertiary/aromatic N) is 1. The van der Waals surface area contributed by atoms with E-state index < -0.39 is 20.5 Å². The van der Waals surface area contributed by atoms with Crippen LogP contribution in [-0.4, -0.2) is 54.9 Å². The van der Waals surface area contributed by atoms with Crippen LogP contribution in [0.4, 0.5) is 0 Å². The quantitative estimate of drug-likeness (QED) is 0.478. The van der Waals surface area contributed by atoms with Crippen LogP contribution in [0.3, 0.4) is 0 Å². The van der Waals surface area contributed by atoms with E-state index in [0.717, 1.165) is 12.0 Å². The van der Waals surface area contributed by atoms with Crippen molar-refractivity contribution in [2.45, 2.75) is 48.8 Å². The molecule has 0 bridgehead atoms. The number of hydroxylamine groups is 1. The van der Waals surface area contributed by atoms with Crippen molar-refractivity contribution in [2.75, 3.05) is 19.7 Å². The third-order valence-corrected chi connectivity index (χ3v) is 8.52. The Balaban J connectivity index is 1.74. The molecule has 7 nitrogen and oxygen atoms in total. The highest BCUT2D eigenvalue weighted by atomic mass is 32.2. The Labute approximate surface area is 183 Å². The minimum Gasteiger partial charge on any atom is -0.493 e. The number of rotatable bonds is 8. The van der Waals surface area contributed by atoms with E-state index in [1.165, 1.54) is 12.1 Å². The van der Waals surface area contributed by atoms with Crippen LogP contribution in [0.25, 0.3) is 0 Å². The lowest BCUT2D eigenvalue weighted by Gasteiger charge is -2.40. The first-order valence-corrected chi connectivity index (χ1v) is 12.0. The SMILES string of the molecule is CC(C)N1CCC(C(=O)NO)(S(=O)(=O)c2ccc(OCCc3ccccc3)cc2)CC1. The van der Waals surface area contributed by atoms with Crippen LogP contribution in [0, 0.1) is 0 Å². The van der Waals surface area contributed by atoms with E-state index in [-0.39, 0.29) is 23.8 Å². The van der Waals surface area contributed by atoms with E-state index in [9.17, 15) is 18.4 Å². The van der Waals surface area contributed by atoms with Gasteiger partial charge in [-0.3, -0.25) is 10.0 Å². The zero-order valence-electron chi connectivity index (χ0n) is 18.0. The minimum absolute atomic E-state index is 0.0458. The van der Waals surface area contributed by atoms with Gasteiger partial charge in [-0.25, -0.2) is 13.9 Å². The molecule has 2 aromatic rings. The van der Waals surface area contributed by atoms with Crippen LogP contribution in [0.15, 0.2) is 59.5 Å². The number of hydrogen-bond acceptors (Lipinski definition) is 6. The van der Waals surface area contributed by atoms with Crippen LogP contribution in [0.2, 0.25) is 0 Å². The van der Waals surface area contributed by atoms with Crippen molar-refractivity contribution < 1.29 is 23.2 Å². The van der Waals surface area contributed by atoms with Gasteiger partial charge in [0.25, 0.3) is 5.91 Å². The number of carbonyl (C=O) groups excluding carboxylic acids is 1. The lowest BCUT2D eigenvalue weighted by Crippen LogP contribution is -2.58. The lowest BCUT2D eigenvalue weighted by atomic mass is 9.94. The summed E-state index contributed by atoms with van der Waals surface area (Å²) in [6.07, 6.45) is 0.984. The number of sulfone groups is 1. The number of benzene rings is 2. The Hall–Kier alpha value is -2.42. The molecule has 1 aliphatic heterocycles. The van der Waals surface area contributed by atoms with Gasteiger partial charge in [-0.1, -0.05) is 30.3 Å². The van der Waals surface area contributed by atoms with Crippen LogP contribution in [0.5, 0.6) is 5.75 Å². The molecule has 1 heterocycles. The van der Waals surface area contributed by atoms with Crippen molar-refractivity contribution >= 4 is 15.7 Å². The average Bonchev–Trinajstić information content (AvgIpc) is 2.79. The molecule has 1 saturated heterocycles. The van der Waals surface area contributed by atoms with Crippen LogP contribution in [0.1, 0.15) is 32.3 Å². The number of hydrogen-bond donors (Lipinski definition) is 2. The molecule has 0 aromatic heterocycles. The van der Waals surface area contributed by atoms with Crippen molar-refractivity contribution in [3.63, 3.8) is 0 Å². The Morgan fingerprint density at radius 1 is 1.10 bits per heavy atom. The van der Waals surface area contributed by atoms with Gasteiger partial charge in [0, 0.05) is 25.6 Å². The van der Waals surface area contributed by atoms with Crippen molar-refractivity contribution in [1.29, 1.82) is 0 Å². The Morgan fingerprint density at radius 3 is 2.26 bits per heavy atom. The molecular formula is C23H30N2O5S. The maximum absolute atomic E-state index is 13.5. The molecule has 2 aromatic carbocycles. The Kier molecular flexibility index (Phi) is 7.35. The monoisotopic (exact) mass is 446 g/mol. The second-order valence-corrected chi connectivity index (χ2v) is 10.4. The van der Waals surface area contributed by atoms with Gasteiger partial charge in [0.1, 0.15) is 5.75 Å². The first-order chi connectivity index (χ1) is 14.8. The summed E-state index contributed by atoms with van der Waals surface area (Å²) >= 11 is 0. The predicted molar refractivity (Wildman–Crippen MR) is 118 cm³/mol. The molecule has 0 saturated carbocycles. The van der Waals surface area contributed by atoms with Gasteiger partial charge >= 0.3 is 0 Å². The van der Waals surface area contributed by atoms with Crippen LogP contribution >= 0.6 is 0 Å². The van der Waals surface area contributed by atoms with Gasteiger partial charge < -0.3 is 9.64 Å². The first-order valence-electron chi connectivity index (χ1n) is 10.5. The van der Waals surface area contributed by atoms with E-state index >= 15 is 0 Å². The smallest absolute Gasteiger partial charge is 0.265 e. The summed E-state index contributed by atoms with van der Waals surface area (Å²) in [5.74, 6) is -0.315. The molecule has 0 unspecified atom stereocenters. The second-order valence-electron chi connectivity index (χ2n) is 8.12. The summed E-state index contributed by atoms with van der Waals surface area (Å²) in [6.45, 7) is 5.46. The molecule has 1 amide bonds. The van der Waals surface area contributed by atoms with E-state index in [1.54, 1.807) is 17.6 Å². The zero-order chi connectivity index (χ0) is 22.5. The molecule has 0 radical (unpaired) electrons. The van der Waals surface area contributed by atoms with Crippen LogP contribution < -0.4 is 10.2 Å². The fourth-order valence-electron chi connectivity index (χ4n) is 3.99. The summed E-state index contributed by atoms with van der Waals surface area (Å²) < 4.78 is 31.0. The third kappa shape index (κ3) is 4.92. The third-order valence-electron chi connectivity index (χ3n) is 6.00. The molecule has 2 N–H and O–H groups in total. The highest BCUT2D eigenvalue weighted by Gasteiger charge is 2.53.